The topological polar surface area (TPSA) is 77.1 Å². The van der Waals surface area contributed by atoms with Gasteiger partial charge in [-0.1, -0.05) is 12.1 Å². The van der Waals surface area contributed by atoms with Crippen molar-refractivity contribution in [3.63, 3.8) is 0 Å². The molecule has 1 aliphatic heterocycles. The normalized spacial score (nSPS) is 18.6. The fourth-order valence-electron chi connectivity index (χ4n) is 2.84. The molecule has 3 rings (SSSR count). The van der Waals surface area contributed by atoms with Gasteiger partial charge in [-0.2, -0.15) is 10.1 Å². The summed E-state index contributed by atoms with van der Waals surface area (Å²) in [5, 5.41) is 8.16. The van der Waals surface area contributed by atoms with Crippen LogP contribution in [0.2, 0.25) is 0 Å². The van der Waals surface area contributed by atoms with E-state index in [1.54, 1.807) is 10.9 Å². The Balaban J connectivity index is 1.63. The zero-order valence-corrected chi connectivity index (χ0v) is 13.0. The minimum Gasteiger partial charge on any atom is -0.342 e. The van der Waals surface area contributed by atoms with E-state index in [4.69, 9.17) is 4.52 Å². The number of aryl methyl sites for hydroxylation is 2. The molecule has 0 bridgehead atoms. The number of amides is 1. The maximum Gasteiger partial charge on any atom is 0.227 e. The van der Waals surface area contributed by atoms with Crippen LogP contribution in [0.5, 0.6) is 0 Å². The lowest BCUT2D eigenvalue weighted by molar-refractivity contribution is -0.131. The molecule has 2 aromatic heterocycles. The van der Waals surface area contributed by atoms with E-state index in [0.717, 1.165) is 37.2 Å². The van der Waals surface area contributed by atoms with Gasteiger partial charge < -0.3 is 9.42 Å². The Hall–Kier alpha value is -2.18. The van der Waals surface area contributed by atoms with Crippen LogP contribution < -0.4 is 0 Å². The third-order valence-corrected chi connectivity index (χ3v) is 4.04. The minimum absolute atomic E-state index is 0.136. The van der Waals surface area contributed by atoms with Gasteiger partial charge in [0, 0.05) is 38.7 Å². The zero-order valence-electron chi connectivity index (χ0n) is 13.0. The summed E-state index contributed by atoms with van der Waals surface area (Å²) in [6.07, 6.45) is 6.73. The second kappa shape index (κ2) is 6.29. The van der Waals surface area contributed by atoms with Crippen molar-refractivity contribution in [1.29, 1.82) is 0 Å². The highest BCUT2D eigenvalue weighted by atomic mass is 16.5. The van der Waals surface area contributed by atoms with Crippen LogP contribution in [0.15, 0.2) is 16.9 Å². The van der Waals surface area contributed by atoms with E-state index >= 15 is 0 Å². The Morgan fingerprint density at radius 1 is 1.50 bits per heavy atom. The maximum atomic E-state index is 12.4. The lowest BCUT2D eigenvalue weighted by Crippen LogP contribution is -2.40. The smallest absolute Gasteiger partial charge is 0.227 e. The molecule has 0 aliphatic carbocycles. The fraction of sp³-hybridized carbons (Fsp3) is 0.600. The molecule has 118 valence electrons. The molecule has 22 heavy (non-hydrogen) atoms. The molecule has 0 radical (unpaired) electrons. The molecule has 3 heterocycles. The predicted octanol–water partition coefficient (Wildman–Crippen LogP) is 1.31. The molecule has 0 saturated carbocycles. The molecule has 0 N–H and O–H groups in total. The van der Waals surface area contributed by atoms with E-state index < -0.39 is 0 Å². The molecule has 1 aliphatic rings. The van der Waals surface area contributed by atoms with Crippen LogP contribution in [0.1, 0.15) is 43.0 Å². The van der Waals surface area contributed by atoms with Crippen molar-refractivity contribution in [3.8, 4) is 0 Å². The first-order chi connectivity index (χ1) is 10.7. The van der Waals surface area contributed by atoms with Gasteiger partial charge in [-0.15, -0.1) is 0 Å². The van der Waals surface area contributed by atoms with Crippen LogP contribution in [0.3, 0.4) is 0 Å². The van der Waals surface area contributed by atoms with Gasteiger partial charge in [0.05, 0.1) is 12.6 Å². The number of piperidine rings is 1. The lowest BCUT2D eigenvalue weighted by Gasteiger charge is -2.31. The van der Waals surface area contributed by atoms with Crippen molar-refractivity contribution in [2.24, 2.45) is 7.05 Å². The van der Waals surface area contributed by atoms with Gasteiger partial charge in [-0.05, 0) is 18.4 Å². The largest absolute Gasteiger partial charge is 0.342 e. The number of aromatic nitrogens is 4. The molecular formula is C15H21N5O2. The monoisotopic (exact) mass is 303 g/mol. The van der Waals surface area contributed by atoms with Gasteiger partial charge in [0.15, 0.2) is 5.82 Å². The first-order valence-corrected chi connectivity index (χ1v) is 7.73. The second-order valence-corrected chi connectivity index (χ2v) is 5.78. The highest BCUT2D eigenvalue weighted by molar-refractivity contribution is 5.78. The molecule has 1 saturated heterocycles. The van der Waals surface area contributed by atoms with Crippen molar-refractivity contribution in [2.45, 2.75) is 38.5 Å². The number of hydrogen-bond donors (Lipinski definition) is 0. The van der Waals surface area contributed by atoms with Crippen LogP contribution in [0, 0.1) is 0 Å². The van der Waals surface area contributed by atoms with Crippen molar-refractivity contribution >= 4 is 5.91 Å². The van der Waals surface area contributed by atoms with Gasteiger partial charge in [0.2, 0.25) is 11.8 Å². The lowest BCUT2D eigenvalue weighted by atomic mass is 9.97. The molecule has 0 unspecified atom stereocenters. The summed E-state index contributed by atoms with van der Waals surface area (Å²) in [5.41, 5.74) is 0.947. The van der Waals surface area contributed by atoms with E-state index in [-0.39, 0.29) is 11.8 Å². The zero-order chi connectivity index (χ0) is 15.5. The summed E-state index contributed by atoms with van der Waals surface area (Å²) in [7, 11) is 1.85. The van der Waals surface area contributed by atoms with E-state index in [0.29, 0.717) is 18.9 Å². The van der Waals surface area contributed by atoms with Gasteiger partial charge in [-0.3, -0.25) is 9.48 Å². The summed E-state index contributed by atoms with van der Waals surface area (Å²) >= 11 is 0. The number of hydrogen-bond acceptors (Lipinski definition) is 5. The van der Waals surface area contributed by atoms with Crippen LogP contribution >= 0.6 is 0 Å². The van der Waals surface area contributed by atoms with Gasteiger partial charge in [0.1, 0.15) is 0 Å². The molecule has 1 atom stereocenters. The molecule has 0 aromatic carbocycles. The molecule has 1 fully saturated rings. The number of likely N-dealkylation sites (tertiary alicyclic amines) is 1. The highest BCUT2D eigenvalue weighted by Gasteiger charge is 2.28. The van der Waals surface area contributed by atoms with Crippen molar-refractivity contribution in [1.82, 2.24) is 24.8 Å². The van der Waals surface area contributed by atoms with Gasteiger partial charge in [0.25, 0.3) is 0 Å². The molecule has 0 spiro atoms. The highest BCUT2D eigenvalue weighted by Crippen LogP contribution is 2.25. The third-order valence-electron chi connectivity index (χ3n) is 4.04. The first kappa shape index (κ1) is 14.7. The number of carbonyl (C=O) groups excluding carboxylic acids is 1. The summed E-state index contributed by atoms with van der Waals surface area (Å²) in [6, 6.07) is 0. The van der Waals surface area contributed by atoms with Crippen molar-refractivity contribution < 1.29 is 9.32 Å². The quantitative estimate of drug-likeness (QED) is 0.851. The van der Waals surface area contributed by atoms with Gasteiger partial charge in [-0.25, -0.2) is 0 Å². The molecule has 2 aromatic rings. The minimum atomic E-state index is 0.136. The summed E-state index contributed by atoms with van der Waals surface area (Å²) < 4.78 is 6.90. The van der Waals surface area contributed by atoms with Gasteiger partial charge >= 0.3 is 0 Å². The van der Waals surface area contributed by atoms with E-state index in [1.165, 1.54) is 0 Å². The summed E-state index contributed by atoms with van der Waals surface area (Å²) in [5.74, 6) is 1.71. The van der Waals surface area contributed by atoms with Crippen LogP contribution in [-0.2, 0) is 24.7 Å². The number of rotatable bonds is 4. The Kier molecular flexibility index (Phi) is 4.22. The number of nitrogens with zero attached hydrogens (tertiary/aromatic N) is 5. The van der Waals surface area contributed by atoms with Crippen molar-refractivity contribution in [2.75, 3.05) is 13.1 Å². The second-order valence-electron chi connectivity index (χ2n) is 5.78. The standard InChI is InChI=1S/C15H21N5O2/c1-3-13-17-15(18-22-13)12-5-4-6-20(10-12)14(21)7-11-8-16-19(2)9-11/h8-9,12H,3-7,10H2,1-2H3/t12-/m0/s1. The summed E-state index contributed by atoms with van der Waals surface area (Å²) in [6.45, 7) is 3.46. The van der Waals surface area contributed by atoms with Crippen molar-refractivity contribution in [3.05, 3.63) is 29.7 Å². The Morgan fingerprint density at radius 2 is 2.36 bits per heavy atom. The fourth-order valence-corrected chi connectivity index (χ4v) is 2.84. The molecule has 1 amide bonds. The number of carbonyl (C=O) groups is 1. The van der Waals surface area contributed by atoms with E-state index in [9.17, 15) is 4.79 Å². The SMILES string of the molecule is CCc1nc([C@H]2CCCN(C(=O)Cc3cnn(C)c3)C2)no1. The van der Waals surface area contributed by atoms with Crippen LogP contribution in [0.4, 0.5) is 0 Å². The Labute approximate surface area is 129 Å². The maximum absolute atomic E-state index is 12.4. The molecular weight excluding hydrogens is 282 g/mol. The summed E-state index contributed by atoms with van der Waals surface area (Å²) in [4.78, 5) is 18.7. The molecule has 7 nitrogen and oxygen atoms in total. The van der Waals surface area contributed by atoms with E-state index in [2.05, 4.69) is 15.2 Å². The Morgan fingerprint density at radius 3 is 3.05 bits per heavy atom. The van der Waals surface area contributed by atoms with E-state index in [1.807, 2.05) is 25.1 Å². The predicted molar refractivity (Wildman–Crippen MR) is 79.1 cm³/mol. The van der Waals surface area contributed by atoms with Crippen LogP contribution in [0.25, 0.3) is 0 Å². The average Bonchev–Trinajstić information content (AvgIpc) is 3.16. The molecule has 7 heteroatoms. The van der Waals surface area contributed by atoms with Crippen LogP contribution in [-0.4, -0.2) is 43.8 Å². The first-order valence-electron chi connectivity index (χ1n) is 7.73. The Bertz CT molecular complexity index is 648. The average molecular weight is 303 g/mol. The third kappa shape index (κ3) is 3.18.